The maximum absolute atomic E-state index is 6.58. The zero-order valence-electron chi connectivity index (χ0n) is 17.6. The Balaban J connectivity index is 1.79. The van der Waals surface area contributed by atoms with Crippen LogP contribution in [0.4, 0.5) is 0 Å². The number of hydrogen-bond acceptors (Lipinski definition) is 2. The van der Waals surface area contributed by atoms with Crippen LogP contribution in [0.25, 0.3) is 39.6 Å². The molecule has 32 heavy (non-hydrogen) atoms. The average Bonchev–Trinajstić information content (AvgIpc) is 3.35. The van der Waals surface area contributed by atoms with Gasteiger partial charge in [0.25, 0.3) is 0 Å². The minimum Gasteiger partial charge on any atom is -0.333 e. The second kappa shape index (κ2) is 8.30. The Labute approximate surface area is 196 Å². The molecule has 0 fully saturated rings. The second-order valence-corrected chi connectivity index (χ2v) is 8.45. The minimum absolute atomic E-state index is 0.626. The van der Waals surface area contributed by atoms with E-state index in [2.05, 4.69) is 19.1 Å². The summed E-state index contributed by atoms with van der Waals surface area (Å²) in [5, 5.41) is 6.35. The third-order valence-corrected chi connectivity index (χ3v) is 6.10. The summed E-state index contributed by atoms with van der Waals surface area (Å²) in [6.45, 7) is 2.07. The van der Waals surface area contributed by atoms with Gasteiger partial charge in [0.2, 0.25) is 0 Å². The van der Waals surface area contributed by atoms with E-state index in [1.807, 2.05) is 89.4 Å². The number of benzene rings is 3. The van der Waals surface area contributed by atoms with Crippen molar-refractivity contribution in [2.45, 2.75) is 6.92 Å². The Bertz CT molecular complexity index is 1400. The molecule has 6 heteroatoms. The molecule has 0 bridgehead atoms. The number of rotatable bonds is 4. The Hall–Kier alpha value is -3.34. The molecule has 5 rings (SSSR count). The number of nitrogens with zero attached hydrogens (tertiary/aromatic N) is 4. The highest BCUT2D eigenvalue weighted by Gasteiger charge is 2.24. The highest BCUT2D eigenvalue weighted by molar-refractivity contribution is 6.32. The first-order valence-corrected chi connectivity index (χ1v) is 11.0. The quantitative estimate of drug-likeness (QED) is 0.284. The van der Waals surface area contributed by atoms with Crippen molar-refractivity contribution in [1.29, 1.82) is 0 Å². The molecule has 4 nitrogen and oxygen atoms in total. The molecule has 0 amide bonds. The molecule has 0 saturated heterocycles. The van der Waals surface area contributed by atoms with E-state index in [0.717, 1.165) is 45.2 Å². The number of hydrogen-bond donors (Lipinski definition) is 0. The van der Waals surface area contributed by atoms with Crippen molar-refractivity contribution < 1.29 is 0 Å². The van der Waals surface area contributed by atoms with Gasteiger partial charge in [-0.25, -0.2) is 9.67 Å². The van der Waals surface area contributed by atoms with Crippen molar-refractivity contribution in [2.75, 3.05) is 0 Å². The van der Waals surface area contributed by atoms with Crippen molar-refractivity contribution in [1.82, 2.24) is 19.3 Å². The van der Waals surface area contributed by atoms with Crippen molar-refractivity contribution in [3.05, 3.63) is 101 Å². The first-order valence-electron chi connectivity index (χ1n) is 10.2. The largest absolute Gasteiger partial charge is 0.333 e. The lowest BCUT2D eigenvalue weighted by atomic mass is 10.0. The lowest BCUT2D eigenvalue weighted by Gasteiger charge is -2.10. The van der Waals surface area contributed by atoms with E-state index >= 15 is 0 Å². The Morgan fingerprint density at radius 2 is 1.38 bits per heavy atom. The van der Waals surface area contributed by atoms with Gasteiger partial charge in [-0.2, -0.15) is 5.10 Å². The van der Waals surface area contributed by atoms with E-state index in [4.69, 9.17) is 33.3 Å². The van der Waals surface area contributed by atoms with Crippen molar-refractivity contribution >= 4 is 23.2 Å². The minimum atomic E-state index is 0.626. The summed E-state index contributed by atoms with van der Waals surface area (Å²) in [6, 6.07) is 25.7. The van der Waals surface area contributed by atoms with Crippen LogP contribution in [0.1, 0.15) is 5.56 Å². The standard InChI is InChI=1S/C26H20Cl2N4/c1-17-23(24-26(31(2)16-29-24)18-8-4-3-5-9-18)30-32(22-11-7-6-10-21(22)28)25(17)19-12-14-20(27)15-13-19/h3-16H,1-2H3. The van der Waals surface area contributed by atoms with E-state index in [0.29, 0.717) is 10.0 Å². The molecule has 3 aromatic carbocycles. The smallest absolute Gasteiger partial charge is 0.117 e. The van der Waals surface area contributed by atoms with E-state index < -0.39 is 0 Å². The predicted molar refractivity (Wildman–Crippen MR) is 131 cm³/mol. The van der Waals surface area contributed by atoms with Gasteiger partial charge in [0.15, 0.2) is 0 Å². The topological polar surface area (TPSA) is 35.6 Å². The summed E-state index contributed by atoms with van der Waals surface area (Å²) in [6.07, 6.45) is 1.83. The number of aryl methyl sites for hydroxylation is 1. The number of aromatic nitrogens is 4. The predicted octanol–water partition coefficient (Wildman–Crippen LogP) is 7.22. The van der Waals surface area contributed by atoms with Gasteiger partial charge in [-0.15, -0.1) is 0 Å². The lowest BCUT2D eigenvalue weighted by molar-refractivity contribution is 0.890. The van der Waals surface area contributed by atoms with Crippen LogP contribution in [0.15, 0.2) is 85.2 Å². The van der Waals surface area contributed by atoms with Crippen LogP contribution >= 0.6 is 23.2 Å². The lowest BCUT2D eigenvalue weighted by Crippen LogP contribution is -2.00. The van der Waals surface area contributed by atoms with Crippen molar-refractivity contribution in [2.24, 2.45) is 7.05 Å². The molecule has 0 radical (unpaired) electrons. The van der Waals surface area contributed by atoms with Gasteiger partial charge in [-0.3, -0.25) is 0 Å². The van der Waals surface area contributed by atoms with Gasteiger partial charge in [-0.05, 0) is 31.2 Å². The van der Waals surface area contributed by atoms with Crippen LogP contribution in [0.2, 0.25) is 10.0 Å². The van der Waals surface area contributed by atoms with Crippen LogP contribution in [0.3, 0.4) is 0 Å². The molecule has 0 aliphatic carbocycles. The van der Waals surface area contributed by atoms with E-state index in [1.165, 1.54) is 0 Å². The van der Waals surface area contributed by atoms with Gasteiger partial charge in [-0.1, -0.05) is 77.8 Å². The van der Waals surface area contributed by atoms with Crippen LogP contribution in [0.5, 0.6) is 0 Å². The summed E-state index contributed by atoms with van der Waals surface area (Å²) in [5.74, 6) is 0. The number of imidazole rings is 1. The molecule has 2 heterocycles. The molecule has 5 aromatic rings. The fourth-order valence-electron chi connectivity index (χ4n) is 4.01. The maximum atomic E-state index is 6.58. The summed E-state index contributed by atoms with van der Waals surface area (Å²) in [7, 11) is 2.00. The zero-order chi connectivity index (χ0) is 22.2. The van der Waals surface area contributed by atoms with Gasteiger partial charge in [0.05, 0.1) is 28.4 Å². The third-order valence-electron chi connectivity index (χ3n) is 5.53. The Morgan fingerprint density at radius 1 is 0.719 bits per heavy atom. The molecule has 2 aromatic heterocycles. The first kappa shape index (κ1) is 20.6. The SMILES string of the molecule is Cc1c(-c2ncn(C)c2-c2ccccc2)nn(-c2ccccc2Cl)c1-c1ccc(Cl)cc1. The molecule has 158 valence electrons. The van der Waals surface area contributed by atoms with Crippen LogP contribution in [0, 0.1) is 6.92 Å². The van der Waals surface area contributed by atoms with Crippen molar-refractivity contribution in [3.8, 4) is 39.6 Å². The molecule has 0 N–H and O–H groups in total. The summed E-state index contributed by atoms with van der Waals surface area (Å²) in [4.78, 5) is 4.73. The van der Waals surface area contributed by atoms with Crippen molar-refractivity contribution in [3.63, 3.8) is 0 Å². The summed E-state index contributed by atoms with van der Waals surface area (Å²) < 4.78 is 3.93. The molecular weight excluding hydrogens is 439 g/mol. The van der Waals surface area contributed by atoms with E-state index in [-0.39, 0.29) is 0 Å². The molecule has 0 saturated carbocycles. The highest BCUT2D eigenvalue weighted by Crippen LogP contribution is 2.38. The second-order valence-electron chi connectivity index (χ2n) is 7.61. The summed E-state index contributed by atoms with van der Waals surface area (Å²) >= 11 is 12.7. The maximum Gasteiger partial charge on any atom is 0.117 e. The molecular formula is C26H20Cl2N4. The molecule has 0 aliphatic heterocycles. The molecule has 0 aliphatic rings. The monoisotopic (exact) mass is 458 g/mol. The average molecular weight is 459 g/mol. The normalized spacial score (nSPS) is 11.1. The number of halogens is 2. The van der Waals surface area contributed by atoms with Gasteiger partial charge in [0, 0.05) is 28.8 Å². The van der Waals surface area contributed by atoms with Gasteiger partial charge < -0.3 is 4.57 Å². The van der Waals surface area contributed by atoms with Crippen LogP contribution < -0.4 is 0 Å². The molecule has 0 unspecified atom stereocenters. The zero-order valence-corrected chi connectivity index (χ0v) is 19.1. The van der Waals surface area contributed by atoms with E-state index in [9.17, 15) is 0 Å². The number of para-hydroxylation sites is 1. The third kappa shape index (κ3) is 3.52. The fourth-order valence-corrected chi connectivity index (χ4v) is 4.35. The van der Waals surface area contributed by atoms with Crippen LogP contribution in [-0.4, -0.2) is 19.3 Å². The Morgan fingerprint density at radius 3 is 2.09 bits per heavy atom. The summed E-state index contributed by atoms with van der Waals surface area (Å²) in [5.41, 5.74) is 7.53. The van der Waals surface area contributed by atoms with Crippen LogP contribution in [-0.2, 0) is 7.05 Å². The van der Waals surface area contributed by atoms with Gasteiger partial charge >= 0.3 is 0 Å². The molecule has 0 atom stereocenters. The van der Waals surface area contributed by atoms with Gasteiger partial charge in [0.1, 0.15) is 11.4 Å². The van der Waals surface area contributed by atoms with E-state index in [1.54, 1.807) is 0 Å². The first-order chi connectivity index (χ1) is 15.5. The Kier molecular flexibility index (Phi) is 5.33. The highest BCUT2D eigenvalue weighted by atomic mass is 35.5. The molecule has 0 spiro atoms. The fraction of sp³-hybridized carbons (Fsp3) is 0.0769.